The van der Waals surface area contributed by atoms with Crippen molar-refractivity contribution in [3.8, 4) is 0 Å². The molecule has 0 bridgehead atoms. The van der Waals surface area contributed by atoms with Gasteiger partial charge in [-0.3, -0.25) is 0 Å². The molecule has 0 aromatic heterocycles. The van der Waals surface area contributed by atoms with Gasteiger partial charge in [-0.2, -0.15) is 0 Å². The lowest BCUT2D eigenvalue weighted by Gasteiger charge is -2.35. The molecule has 0 radical (unpaired) electrons. The van der Waals surface area contributed by atoms with Gasteiger partial charge in [-0.05, 0) is 30.0 Å². The van der Waals surface area contributed by atoms with E-state index in [0.29, 0.717) is 0 Å². The second-order valence-corrected chi connectivity index (χ2v) is 6.03. The van der Waals surface area contributed by atoms with E-state index in [1.807, 2.05) is 12.1 Å². The van der Waals surface area contributed by atoms with Crippen molar-refractivity contribution in [3.05, 3.63) is 29.8 Å². The normalized spacial score (nSPS) is 18.1. The maximum absolute atomic E-state index is 5.81. The summed E-state index contributed by atoms with van der Waals surface area (Å²) in [4.78, 5) is 5.15. The number of anilines is 1. The van der Waals surface area contributed by atoms with Crippen molar-refractivity contribution in [2.24, 2.45) is 5.92 Å². The fourth-order valence-electron chi connectivity index (χ4n) is 2.75. The molecule has 3 nitrogen and oxygen atoms in total. The number of rotatable bonds is 5. The van der Waals surface area contributed by atoms with E-state index in [-0.39, 0.29) is 0 Å². The van der Waals surface area contributed by atoms with Gasteiger partial charge in [0, 0.05) is 45.0 Å². The number of hydrogen-bond acceptors (Lipinski definition) is 3. The number of benzene rings is 1. The van der Waals surface area contributed by atoms with E-state index >= 15 is 0 Å². The summed E-state index contributed by atoms with van der Waals surface area (Å²) in [5, 5.41) is 0. The summed E-state index contributed by atoms with van der Waals surface area (Å²) >= 11 is 0. The molecule has 0 aliphatic carbocycles. The molecule has 19 heavy (non-hydrogen) atoms. The van der Waals surface area contributed by atoms with Crippen molar-refractivity contribution < 1.29 is 0 Å². The van der Waals surface area contributed by atoms with Crippen LogP contribution in [0.5, 0.6) is 0 Å². The molecule has 1 saturated heterocycles. The zero-order chi connectivity index (χ0) is 13.7. The molecule has 3 heteroatoms. The second-order valence-electron chi connectivity index (χ2n) is 6.03. The molecule has 2 N–H and O–H groups in total. The fourth-order valence-corrected chi connectivity index (χ4v) is 2.75. The Morgan fingerprint density at radius 2 is 1.79 bits per heavy atom. The van der Waals surface area contributed by atoms with Crippen molar-refractivity contribution in [2.45, 2.75) is 20.3 Å². The predicted octanol–water partition coefficient (Wildman–Crippen LogP) is 2.08. The Labute approximate surface area is 117 Å². The van der Waals surface area contributed by atoms with E-state index < -0.39 is 0 Å². The summed E-state index contributed by atoms with van der Waals surface area (Å²) in [6.45, 7) is 11.8. The van der Waals surface area contributed by atoms with Crippen LogP contribution in [0.4, 0.5) is 5.69 Å². The van der Waals surface area contributed by atoms with Gasteiger partial charge < -0.3 is 15.5 Å². The highest BCUT2D eigenvalue weighted by Gasteiger charge is 2.16. The number of nitrogen functional groups attached to an aromatic ring is 1. The molecule has 2 rings (SSSR count). The Morgan fingerprint density at radius 1 is 1.11 bits per heavy atom. The van der Waals surface area contributed by atoms with Gasteiger partial charge in [0.2, 0.25) is 0 Å². The third kappa shape index (κ3) is 4.84. The predicted molar refractivity (Wildman–Crippen MR) is 82.3 cm³/mol. The van der Waals surface area contributed by atoms with Crippen LogP contribution in [0.3, 0.4) is 0 Å². The summed E-state index contributed by atoms with van der Waals surface area (Å²) in [5.74, 6) is 0.777. The van der Waals surface area contributed by atoms with E-state index in [2.05, 4.69) is 35.8 Å². The van der Waals surface area contributed by atoms with Gasteiger partial charge in [0.15, 0.2) is 0 Å². The van der Waals surface area contributed by atoms with E-state index in [0.717, 1.165) is 24.6 Å². The highest BCUT2D eigenvalue weighted by Crippen LogP contribution is 2.10. The summed E-state index contributed by atoms with van der Waals surface area (Å²) in [5.41, 5.74) is 8.04. The van der Waals surface area contributed by atoms with Crippen LogP contribution in [0.25, 0.3) is 0 Å². The average Bonchev–Trinajstić information content (AvgIpc) is 2.37. The van der Waals surface area contributed by atoms with Crippen LogP contribution in [0.2, 0.25) is 0 Å². The third-order valence-corrected chi connectivity index (χ3v) is 3.76. The van der Waals surface area contributed by atoms with Crippen LogP contribution in [-0.4, -0.2) is 49.1 Å². The lowest BCUT2D eigenvalue weighted by atomic mass is 10.1. The fraction of sp³-hybridized carbons (Fsp3) is 0.625. The second kappa shape index (κ2) is 6.92. The maximum Gasteiger partial charge on any atom is 0.0316 e. The van der Waals surface area contributed by atoms with Gasteiger partial charge in [-0.1, -0.05) is 26.0 Å². The standard InChI is InChI=1S/C16H27N3/c1-14(2)13-19-10-8-18(9-11-19)7-6-15-4-3-5-16(17)12-15/h3-5,12,14H,6-11,13,17H2,1-2H3. The van der Waals surface area contributed by atoms with Gasteiger partial charge in [-0.15, -0.1) is 0 Å². The molecule has 0 spiro atoms. The van der Waals surface area contributed by atoms with E-state index in [1.165, 1.54) is 38.3 Å². The largest absolute Gasteiger partial charge is 0.399 e. The first-order valence-corrected chi connectivity index (χ1v) is 7.42. The van der Waals surface area contributed by atoms with Crippen molar-refractivity contribution in [1.29, 1.82) is 0 Å². The molecule has 1 heterocycles. The van der Waals surface area contributed by atoms with Crippen molar-refractivity contribution >= 4 is 5.69 Å². The van der Waals surface area contributed by atoms with Crippen molar-refractivity contribution in [2.75, 3.05) is 45.0 Å². The monoisotopic (exact) mass is 261 g/mol. The summed E-state index contributed by atoms with van der Waals surface area (Å²) < 4.78 is 0. The Kier molecular flexibility index (Phi) is 5.23. The van der Waals surface area contributed by atoms with Gasteiger partial charge in [0.05, 0.1) is 0 Å². The van der Waals surface area contributed by atoms with Crippen molar-refractivity contribution in [3.63, 3.8) is 0 Å². The highest BCUT2D eigenvalue weighted by molar-refractivity contribution is 5.40. The lowest BCUT2D eigenvalue weighted by Crippen LogP contribution is -2.47. The van der Waals surface area contributed by atoms with Gasteiger partial charge in [0.1, 0.15) is 0 Å². The zero-order valence-electron chi connectivity index (χ0n) is 12.3. The van der Waals surface area contributed by atoms with Crippen LogP contribution < -0.4 is 5.73 Å². The Balaban J connectivity index is 1.71. The first-order valence-electron chi connectivity index (χ1n) is 7.42. The maximum atomic E-state index is 5.81. The Bertz CT molecular complexity index is 381. The summed E-state index contributed by atoms with van der Waals surface area (Å²) in [7, 11) is 0. The molecular weight excluding hydrogens is 234 g/mol. The first kappa shape index (κ1) is 14.4. The minimum Gasteiger partial charge on any atom is -0.399 e. The molecule has 0 unspecified atom stereocenters. The Hall–Kier alpha value is -1.06. The molecular formula is C16H27N3. The van der Waals surface area contributed by atoms with Crippen LogP contribution in [0.15, 0.2) is 24.3 Å². The lowest BCUT2D eigenvalue weighted by molar-refractivity contribution is 0.123. The smallest absolute Gasteiger partial charge is 0.0316 e. The molecule has 0 saturated carbocycles. The Morgan fingerprint density at radius 3 is 2.42 bits per heavy atom. The van der Waals surface area contributed by atoms with Crippen LogP contribution >= 0.6 is 0 Å². The molecule has 106 valence electrons. The van der Waals surface area contributed by atoms with Crippen LogP contribution in [0, 0.1) is 5.92 Å². The van der Waals surface area contributed by atoms with Crippen LogP contribution in [0.1, 0.15) is 19.4 Å². The molecule has 0 atom stereocenters. The first-order chi connectivity index (χ1) is 9.13. The molecule has 1 fully saturated rings. The van der Waals surface area contributed by atoms with Gasteiger partial charge in [0.25, 0.3) is 0 Å². The van der Waals surface area contributed by atoms with E-state index in [1.54, 1.807) is 0 Å². The molecule has 1 aliphatic rings. The minimum absolute atomic E-state index is 0.777. The number of piperazine rings is 1. The zero-order valence-corrected chi connectivity index (χ0v) is 12.3. The topological polar surface area (TPSA) is 32.5 Å². The molecule has 1 aromatic carbocycles. The van der Waals surface area contributed by atoms with Gasteiger partial charge >= 0.3 is 0 Å². The molecule has 1 aliphatic heterocycles. The van der Waals surface area contributed by atoms with Crippen LogP contribution in [-0.2, 0) is 6.42 Å². The molecule has 1 aromatic rings. The number of nitrogens with zero attached hydrogens (tertiary/aromatic N) is 2. The molecule has 0 amide bonds. The van der Waals surface area contributed by atoms with Crippen molar-refractivity contribution in [1.82, 2.24) is 9.80 Å². The highest BCUT2D eigenvalue weighted by atomic mass is 15.3. The van der Waals surface area contributed by atoms with Gasteiger partial charge in [-0.25, -0.2) is 0 Å². The number of nitrogens with two attached hydrogens (primary N) is 1. The minimum atomic E-state index is 0.777. The van der Waals surface area contributed by atoms with E-state index in [4.69, 9.17) is 5.73 Å². The summed E-state index contributed by atoms with van der Waals surface area (Å²) in [6.07, 6.45) is 1.11. The average molecular weight is 261 g/mol. The third-order valence-electron chi connectivity index (χ3n) is 3.76. The SMILES string of the molecule is CC(C)CN1CCN(CCc2cccc(N)c2)CC1. The van der Waals surface area contributed by atoms with E-state index in [9.17, 15) is 0 Å². The number of hydrogen-bond donors (Lipinski definition) is 1. The quantitative estimate of drug-likeness (QED) is 0.824. The summed E-state index contributed by atoms with van der Waals surface area (Å²) in [6, 6.07) is 8.26.